The highest BCUT2D eigenvalue weighted by Crippen LogP contribution is 2.17. The van der Waals surface area contributed by atoms with E-state index in [1.54, 1.807) is 7.11 Å². The SMILES string of the molecule is COCc1cccc(N2CC(=O)NCC2=O)c1. The number of hydrogen-bond acceptors (Lipinski definition) is 3. The molecular weight excluding hydrogens is 220 g/mol. The number of amides is 2. The molecule has 0 atom stereocenters. The van der Waals surface area contributed by atoms with Crippen molar-refractivity contribution in [2.75, 3.05) is 25.1 Å². The van der Waals surface area contributed by atoms with E-state index in [4.69, 9.17) is 4.74 Å². The lowest BCUT2D eigenvalue weighted by molar-refractivity contribution is -0.128. The van der Waals surface area contributed by atoms with Crippen molar-refractivity contribution in [3.8, 4) is 0 Å². The van der Waals surface area contributed by atoms with E-state index >= 15 is 0 Å². The Hall–Kier alpha value is -1.88. The Balaban J connectivity index is 2.22. The van der Waals surface area contributed by atoms with Gasteiger partial charge < -0.3 is 15.0 Å². The number of nitrogens with zero attached hydrogens (tertiary/aromatic N) is 1. The molecule has 5 nitrogen and oxygen atoms in total. The second-order valence-electron chi connectivity index (χ2n) is 3.86. The summed E-state index contributed by atoms with van der Waals surface area (Å²) in [5.74, 6) is -0.235. The number of hydrogen-bond donors (Lipinski definition) is 1. The van der Waals surface area contributed by atoms with Gasteiger partial charge in [-0.25, -0.2) is 0 Å². The van der Waals surface area contributed by atoms with Crippen LogP contribution >= 0.6 is 0 Å². The number of nitrogens with one attached hydrogen (secondary N) is 1. The van der Waals surface area contributed by atoms with E-state index in [1.807, 2.05) is 24.3 Å². The van der Waals surface area contributed by atoms with Gasteiger partial charge in [-0.1, -0.05) is 12.1 Å². The van der Waals surface area contributed by atoms with Crippen molar-refractivity contribution in [1.82, 2.24) is 5.32 Å². The number of anilines is 1. The van der Waals surface area contributed by atoms with Crippen LogP contribution in [0.15, 0.2) is 24.3 Å². The van der Waals surface area contributed by atoms with E-state index in [2.05, 4.69) is 5.32 Å². The molecule has 0 bridgehead atoms. The Morgan fingerprint density at radius 2 is 2.24 bits per heavy atom. The van der Waals surface area contributed by atoms with Crippen LogP contribution in [0.2, 0.25) is 0 Å². The van der Waals surface area contributed by atoms with Crippen LogP contribution in [0.1, 0.15) is 5.56 Å². The van der Waals surface area contributed by atoms with Crippen LogP contribution in [-0.2, 0) is 20.9 Å². The molecule has 1 aliphatic heterocycles. The third-order valence-corrected chi connectivity index (χ3v) is 2.57. The van der Waals surface area contributed by atoms with Gasteiger partial charge in [0.25, 0.3) is 0 Å². The fourth-order valence-corrected chi connectivity index (χ4v) is 1.77. The van der Waals surface area contributed by atoms with E-state index in [0.29, 0.717) is 6.61 Å². The molecule has 0 aromatic heterocycles. The van der Waals surface area contributed by atoms with Crippen LogP contribution in [0, 0.1) is 0 Å². The van der Waals surface area contributed by atoms with Crippen LogP contribution < -0.4 is 10.2 Å². The Morgan fingerprint density at radius 3 is 3.00 bits per heavy atom. The average molecular weight is 234 g/mol. The molecule has 0 unspecified atom stereocenters. The molecule has 5 heteroatoms. The normalized spacial score (nSPS) is 15.9. The van der Waals surface area contributed by atoms with Gasteiger partial charge in [-0.15, -0.1) is 0 Å². The number of piperazine rings is 1. The molecule has 1 saturated heterocycles. The molecule has 17 heavy (non-hydrogen) atoms. The van der Waals surface area contributed by atoms with Crippen LogP contribution in [0.4, 0.5) is 5.69 Å². The van der Waals surface area contributed by atoms with Crippen molar-refractivity contribution >= 4 is 17.5 Å². The maximum Gasteiger partial charge on any atom is 0.246 e. The summed E-state index contributed by atoms with van der Waals surface area (Å²) in [5.41, 5.74) is 1.71. The second kappa shape index (κ2) is 4.97. The fraction of sp³-hybridized carbons (Fsp3) is 0.333. The number of rotatable bonds is 3. The first-order valence-electron chi connectivity index (χ1n) is 5.35. The van der Waals surface area contributed by atoms with Crippen LogP contribution in [0.25, 0.3) is 0 Å². The summed E-state index contributed by atoms with van der Waals surface area (Å²) in [6, 6.07) is 7.45. The molecule has 1 aromatic carbocycles. The number of carbonyl (C=O) groups is 2. The second-order valence-corrected chi connectivity index (χ2v) is 3.86. The first kappa shape index (κ1) is 11.6. The molecular formula is C12H14N2O3. The summed E-state index contributed by atoms with van der Waals surface area (Å²) >= 11 is 0. The number of benzene rings is 1. The van der Waals surface area contributed by atoms with Crippen molar-refractivity contribution in [3.05, 3.63) is 29.8 Å². The first-order chi connectivity index (χ1) is 8.20. The standard InChI is InChI=1S/C12H14N2O3/c1-17-8-9-3-2-4-10(5-9)14-7-11(15)13-6-12(14)16/h2-5H,6-8H2,1H3,(H,13,15). The highest BCUT2D eigenvalue weighted by molar-refractivity contribution is 6.04. The highest BCUT2D eigenvalue weighted by atomic mass is 16.5. The summed E-state index contributed by atoms with van der Waals surface area (Å²) in [4.78, 5) is 24.4. The van der Waals surface area contributed by atoms with Crippen LogP contribution in [0.3, 0.4) is 0 Å². The molecule has 1 heterocycles. The van der Waals surface area contributed by atoms with Gasteiger partial charge in [-0.2, -0.15) is 0 Å². The third kappa shape index (κ3) is 2.62. The molecule has 0 aliphatic carbocycles. The topological polar surface area (TPSA) is 58.6 Å². The zero-order valence-corrected chi connectivity index (χ0v) is 9.60. The largest absolute Gasteiger partial charge is 0.380 e. The number of carbonyl (C=O) groups excluding carboxylic acids is 2. The molecule has 1 fully saturated rings. The maximum atomic E-state index is 11.7. The molecule has 2 amide bonds. The zero-order valence-electron chi connectivity index (χ0n) is 9.60. The first-order valence-corrected chi connectivity index (χ1v) is 5.35. The third-order valence-electron chi connectivity index (χ3n) is 2.57. The lowest BCUT2D eigenvalue weighted by Crippen LogP contribution is -2.51. The highest BCUT2D eigenvalue weighted by Gasteiger charge is 2.24. The van der Waals surface area contributed by atoms with Crippen LogP contribution in [0.5, 0.6) is 0 Å². The van der Waals surface area contributed by atoms with Gasteiger partial charge in [-0.05, 0) is 17.7 Å². The minimum absolute atomic E-state index is 0.0628. The van der Waals surface area contributed by atoms with E-state index < -0.39 is 0 Å². The van der Waals surface area contributed by atoms with Gasteiger partial charge in [0.15, 0.2) is 0 Å². The lowest BCUT2D eigenvalue weighted by atomic mass is 10.2. The average Bonchev–Trinajstić information content (AvgIpc) is 2.33. The van der Waals surface area contributed by atoms with E-state index in [0.717, 1.165) is 11.3 Å². The van der Waals surface area contributed by atoms with Crippen molar-refractivity contribution in [2.45, 2.75) is 6.61 Å². The molecule has 1 aliphatic rings. The summed E-state index contributed by atoms with van der Waals surface area (Å²) in [5, 5.41) is 2.52. The summed E-state index contributed by atoms with van der Waals surface area (Å²) < 4.78 is 5.04. The monoisotopic (exact) mass is 234 g/mol. The Kier molecular flexibility index (Phi) is 3.39. The number of methoxy groups -OCH3 is 1. The minimum atomic E-state index is -0.137. The molecule has 0 radical (unpaired) electrons. The van der Waals surface area contributed by atoms with E-state index in [-0.39, 0.29) is 24.9 Å². The predicted octanol–water partition coefficient (Wildman–Crippen LogP) is 0.296. The maximum absolute atomic E-state index is 11.7. The minimum Gasteiger partial charge on any atom is -0.380 e. The Morgan fingerprint density at radius 1 is 1.41 bits per heavy atom. The van der Waals surface area contributed by atoms with Gasteiger partial charge in [0.2, 0.25) is 11.8 Å². The summed E-state index contributed by atoms with van der Waals surface area (Å²) in [7, 11) is 1.62. The van der Waals surface area contributed by atoms with Gasteiger partial charge in [0, 0.05) is 12.8 Å². The zero-order chi connectivity index (χ0) is 12.3. The predicted molar refractivity (Wildman–Crippen MR) is 62.5 cm³/mol. The quantitative estimate of drug-likeness (QED) is 0.818. The van der Waals surface area contributed by atoms with E-state index in [9.17, 15) is 9.59 Å². The molecule has 1 N–H and O–H groups in total. The molecule has 0 spiro atoms. The molecule has 1 aromatic rings. The molecule has 2 rings (SSSR count). The smallest absolute Gasteiger partial charge is 0.246 e. The fourth-order valence-electron chi connectivity index (χ4n) is 1.77. The van der Waals surface area contributed by atoms with Gasteiger partial charge in [0.05, 0.1) is 13.2 Å². The molecule has 90 valence electrons. The lowest BCUT2D eigenvalue weighted by Gasteiger charge is -2.26. The Bertz CT molecular complexity index is 445. The van der Waals surface area contributed by atoms with Crippen molar-refractivity contribution in [1.29, 1.82) is 0 Å². The van der Waals surface area contributed by atoms with Gasteiger partial charge in [-0.3, -0.25) is 9.59 Å². The van der Waals surface area contributed by atoms with Gasteiger partial charge >= 0.3 is 0 Å². The summed E-state index contributed by atoms with van der Waals surface area (Å²) in [6.45, 7) is 0.630. The molecule has 0 saturated carbocycles. The van der Waals surface area contributed by atoms with Crippen molar-refractivity contribution in [2.24, 2.45) is 0 Å². The number of ether oxygens (including phenoxy) is 1. The summed E-state index contributed by atoms with van der Waals surface area (Å²) in [6.07, 6.45) is 0. The van der Waals surface area contributed by atoms with Crippen molar-refractivity contribution in [3.63, 3.8) is 0 Å². The van der Waals surface area contributed by atoms with Crippen LogP contribution in [-0.4, -0.2) is 32.0 Å². The van der Waals surface area contributed by atoms with Gasteiger partial charge in [0.1, 0.15) is 6.54 Å². The Labute approximate surface area is 99.4 Å². The van der Waals surface area contributed by atoms with Crippen molar-refractivity contribution < 1.29 is 14.3 Å². The van der Waals surface area contributed by atoms with E-state index in [1.165, 1.54) is 4.90 Å².